The number of hydrogen-bond donors (Lipinski definition) is 1. The molecule has 1 aromatic carbocycles. The molecule has 0 aliphatic heterocycles. The second-order valence-electron chi connectivity index (χ2n) is 5.84. The number of hydrogen-bond acceptors (Lipinski definition) is 1. The van der Waals surface area contributed by atoms with Crippen molar-refractivity contribution in [3.05, 3.63) is 35.4 Å². The van der Waals surface area contributed by atoms with Gasteiger partial charge in [0.15, 0.2) is 11.6 Å². The Bertz CT molecular complexity index is 436. The molecule has 2 aliphatic rings. The Morgan fingerprint density at radius 1 is 1.17 bits per heavy atom. The molecule has 3 heteroatoms. The highest BCUT2D eigenvalue weighted by Gasteiger charge is 2.47. The molecule has 98 valence electrons. The van der Waals surface area contributed by atoms with E-state index in [1.165, 1.54) is 31.4 Å². The fourth-order valence-electron chi connectivity index (χ4n) is 3.52. The predicted molar refractivity (Wildman–Crippen MR) is 67.2 cm³/mol. The van der Waals surface area contributed by atoms with Crippen LogP contribution in [-0.4, -0.2) is 13.1 Å². The van der Waals surface area contributed by atoms with E-state index in [2.05, 4.69) is 5.32 Å². The highest BCUT2D eigenvalue weighted by Crippen LogP contribution is 2.55. The number of fused-ring (bicyclic) bond motifs is 1. The van der Waals surface area contributed by atoms with Gasteiger partial charge in [0.05, 0.1) is 0 Å². The summed E-state index contributed by atoms with van der Waals surface area (Å²) >= 11 is 0. The van der Waals surface area contributed by atoms with Crippen LogP contribution in [0, 0.1) is 29.4 Å². The van der Waals surface area contributed by atoms with E-state index in [-0.39, 0.29) is 0 Å². The summed E-state index contributed by atoms with van der Waals surface area (Å²) in [5.74, 6) is 1.11. The third kappa shape index (κ3) is 2.28. The van der Waals surface area contributed by atoms with Crippen molar-refractivity contribution in [2.24, 2.45) is 17.8 Å². The lowest BCUT2D eigenvalue weighted by atomic mass is 9.90. The summed E-state index contributed by atoms with van der Waals surface area (Å²) in [6.07, 6.45) is 4.82. The zero-order valence-corrected chi connectivity index (χ0v) is 10.6. The maximum absolute atomic E-state index is 13.2. The lowest BCUT2D eigenvalue weighted by Gasteiger charge is -2.24. The SMILES string of the molecule is CNC(Cc1ccc(F)c(F)c1)C1CC2CC2C1. The van der Waals surface area contributed by atoms with Crippen LogP contribution in [0.1, 0.15) is 24.8 Å². The second-order valence-corrected chi connectivity index (χ2v) is 5.84. The average molecular weight is 251 g/mol. The summed E-state index contributed by atoms with van der Waals surface area (Å²) < 4.78 is 26.1. The first-order chi connectivity index (χ1) is 8.67. The van der Waals surface area contributed by atoms with E-state index >= 15 is 0 Å². The molecule has 2 fully saturated rings. The molecule has 0 bridgehead atoms. The van der Waals surface area contributed by atoms with Crippen LogP contribution in [0.15, 0.2) is 18.2 Å². The Balaban J connectivity index is 1.67. The third-order valence-electron chi connectivity index (χ3n) is 4.66. The van der Waals surface area contributed by atoms with Gasteiger partial charge in [0.1, 0.15) is 0 Å². The standard InChI is InChI=1S/C15H19F2N/c1-18-15(12-7-10-6-11(10)8-12)5-9-2-3-13(16)14(17)4-9/h2-4,10-12,15,18H,5-8H2,1H3. The molecule has 18 heavy (non-hydrogen) atoms. The quantitative estimate of drug-likeness (QED) is 0.867. The molecule has 3 unspecified atom stereocenters. The van der Waals surface area contributed by atoms with Crippen molar-refractivity contribution in [1.82, 2.24) is 5.32 Å². The maximum Gasteiger partial charge on any atom is 0.159 e. The van der Waals surface area contributed by atoms with Gasteiger partial charge in [-0.05, 0) is 68.2 Å². The van der Waals surface area contributed by atoms with Gasteiger partial charge in [-0.3, -0.25) is 0 Å². The van der Waals surface area contributed by atoms with Crippen molar-refractivity contribution in [2.45, 2.75) is 31.7 Å². The third-order valence-corrected chi connectivity index (χ3v) is 4.66. The molecule has 1 nitrogen and oxygen atoms in total. The van der Waals surface area contributed by atoms with E-state index in [9.17, 15) is 8.78 Å². The Kier molecular flexibility index (Phi) is 3.10. The zero-order chi connectivity index (χ0) is 12.7. The number of rotatable bonds is 4. The van der Waals surface area contributed by atoms with Gasteiger partial charge in [-0.1, -0.05) is 6.07 Å². The fourth-order valence-corrected chi connectivity index (χ4v) is 3.52. The van der Waals surface area contributed by atoms with E-state index in [1.54, 1.807) is 6.07 Å². The lowest BCUT2D eigenvalue weighted by molar-refractivity contribution is 0.348. The molecule has 2 aliphatic carbocycles. The van der Waals surface area contributed by atoms with Gasteiger partial charge >= 0.3 is 0 Å². The number of likely N-dealkylation sites (N-methyl/N-ethyl adjacent to an activating group) is 1. The molecule has 0 amide bonds. The number of benzene rings is 1. The van der Waals surface area contributed by atoms with Gasteiger partial charge < -0.3 is 5.32 Å². The molecule has 0 heterocycles. The van der Waals surface area contributed by atoms with Gasteiger partial charge in [0, 0.05) is 6.04 Å². The van der Waals surface area contributed by atoms with E-state index in [4.69, 9.17) is 0 Å². The molecular formula is C15H19F2N. The van der Waals surface area contributed by atoms with E-state index in [0.717, 1.165) is 23.8 Å². The highest BCUT2D eigenvalue weighted by atomic mass is 19.2. The average Bonchev–Trinajstić information content (AvgIpc) is 2.97. The summed E-state index contributed by atoms with van der Waals surface area (Å²) in [5.41, 5.74) is 0.883. The summed E-state index contributed by atoms with van der Waals surface area (Å²) in [6, 6.07) is 4.64. The van der Waals surface area contributed by atoms with Gasteiger partial charge in [0.2, 0.25) is 0 Å². The van der Waals surface area contributed by atoms with Crippen molar-refractivity contribution in [3.63, 3.8) is 0 Å². The zero-order valence-electron chi connectivity index (χ0n) is 10.6. The summed E-state index contributed by atoms with van der Waals surface area (Å²) in [7, 11) is 1.97. The predicted octanol–water partition coefficient (Wildman–Crippen LogP) is 3.14. The van der Waals surface area contributed by atoms with E-state index < -0.39 is 11.6 Å². The minimum absolute atomic E-state index is 0.391. The lowest BCUT2D eigenvalue weighted by Crippen LogP contribution is -2.35. The molecule has 3 atom stereocenters. The largest absolute Gasteiger partial charge is 0.316 e. The van der Waals surface area contributed by atoms with Gasteiger partial charge in [-0.25, -0.2) is 8.78 Å². The molecule has 1 N–H and O–H groups in total. The minimum atomic E-state index is -0.762. The molecule has 1 aromatic rings. The summed E-state index contributed by atoms with van der Waals surface area (Å²) in [6.45, 7) is 0. The molecule has 0 saturated heterocycles. The van der Waals surface area contributed by atoms with Crippen molar-refractivity contribution in [1.29, 1.82) is 0 Å². The van der Waals surface area contributed by atoms with Crippen LogP contribution in [0.25, 0.3) is 0 Å². The molecule has 0 aromatic heterocycles. The van der Waals surface area contributed by atoms with Crippen LogP contribution < -0.4 is 5.32 Å². The molecule has 2 saturated carbocycles. The van der Waals surface area contributed by atoms with Crippen molar-refractivity contribution in [2.75, 3.05) is 7.05 Å². The minimum Gasteiger partial charge on any atom is -0.316 e. The van der Waals surface area contributed by atoms with Crippen molar-refractivity contribution < 1.29 is 8.78 Å². The van der Waals surface area contributed by atoms with Crippen LogP contribution in [0.4, 0.5) is 8.78 Å². The Labute approximate surface area is 107 Å². The monoisotopic (exact) mass is 251 g/mol. The highest BCUT2D eigenvalue weighted by molar-refractivity contribution is 5.19. The van der Waals surface area contributed by atoms with Gasteiger partial charge in [0.25, 0.3) is 0 Å². The Hall–Kier alpha value is -0.960. The van der Waals surface area contributed by atoms with Crippen molar-refractivity contribution in [3.8, 4) is 0 Å². The maximum atomic E-state index is 13.2. The molecular weight excluding hydrogens is 232 g/mol. The fraction of sp³-hybridized carbons (Fsp3) is 0.600. The topological polar surface area (TPSA) is 12.0 Å². The Morgan fingerprint density at radius 3 is 2.50 bits per heavy atom. The first kappa shape index (κ1) is 12.1. The normalized spacial score (nSPS) is 31.2. The van der Waals surface area contributed by atoms with Crippen LogP contribution in [0.3, 0.4) is 0 Å². The van der Waals surface area contributed by atoms with Gasteiger partial charge in [-0.15, -0.1) is 0 Å². The Morgan fingerprint density at radius 2 is 1.89 bits per heavy atom. The van der Waals surface area contributed by atoms with Crippen LogP contribution in [-0.2, 0) is 6.42 Å². The molecule has 0 spiro atoms. The van der Waals surface area contributed by atoms with E-state index in [1.807, 2.05) is 7.05 Å². The van der Waals surface area contributed by atoms with Crippen LogP contribution >= 0.6 is 0 Å². The summed E-state index contributed by atoms with van der Waals surface area (Å²) in [4.78, 5) is 0. The summed E-state index contributed by atoms with van der Waals surface area (Å²) in [5, 5.41) is 3.35. The number of halogens is 2. The number of nitrogens with one attached hydrogen (secondary N) is 1. The van der Waals surface area contributed by atoms with Crippen LogP contribution in [0.5, 0.6) is 0 Å². The first-order valence-electron chi connectivity index (χ1n) is 6.78. The van der Waals surface area contributed by atoms with Gasteiger partial charge in [-0.2, -0.15) is 0 Å². The molecule has 3 rings (SSSR count). The van der Waals surface area contributed by atoms with E-state index in [0.29, 0.717) is 12.0 Å². The second kappa shape index (κ2) is 4.61. The van der Waals surface area contributed by atoms with Crippen LogP contribution in [0.2, 0.25) is 0 Å². The molecule has 0 radical (unpaired) electrons. The first-order valence-corrected chi connectivity index (χ1v) is 6.78. The van der Waals surface area contributed by atoms with Crippen molar-refractivity contribution >= 4 is 0 Å². The smallest absolute Gasteiger partial charge is 0.159 e.